The van der Waals surface area contributed by atoms with Gasteiger partial charge >= 0.3 is 0 Å². The number of nitriles is 5. The number of fused-ring (bicyclic) bond motifs is 5. The molecule has 10 aromatic carbocycles. The zero-order valence-corrected chi connectivity index (χ0v) is 71.4. The summed E-state index contributed by atoms with van der Waals surface area (Å²) in [6, 6.07) is 74.3. The van der Waals surface area contributed by atoms with Gasteiger partial charge in [0.15, 0.2) is 57.6 Å². The Labute approximate surface area is 775 Å². The van der Waals surface area contributed by atoms with E-state index in [1.54, 1.807) is 122 Å². The lowest BCUT2D eigenvalue weighted by atomic mass is 10.0. The number of halogens is 10. The zero-order valence-electron chi connectivity index (χ0n) is 69.1. The van der Waals surface area contributed by atoms with Gasteiger partial charge in [-0.2, -0.15) is 26.3 Å². The van der Waals surface area contributed by atoms with Crippen molar-refractivity contribution in [3.63, 3.8) is 0 Å². The van der Waals surface area contributed by atoms with Crippen LogP contribution in [0.5, 0.6) is 0 Å². The van der Waals surface area contributed by atoms with Crippen LogP contribution in [0.25, 0.3) is 167 Å². The number of nitrogens with zero attached hydrogens (tertiary/aromatic N) is 20. The van der Waals surface area contributed by atoms with E-state index in [4.69, 9.17) is 63.5 Å². The molecule has 0 unspecified atom stereocenters. The smallest absolute Gasteiger partial charge is 0.183 e. The highest BCUT2D eigenvalue weighted by atomic mass is 35.5. The molecule has 0 aliphatic heterocycles. The molecule has 0 saturated carbocycles. The molecule has 650 valence electrons. The minimum absolute atomic E-state index is 0.0347. The molecule has 10 N–H and O–H groups in total. The summed E-state index contributed by atoms with van der Waals surface area (Å²) in [6.07, 6.45) is 8.46. The zero-order chi connectivity index (χ0) is 94.8. The van der Waals surface area contributed by atoms with Gasteiger partial charge in [-0.1, -0.05) is 108 Å². The molecule has 20 rings (SSSR count). The van der Waals surface area contributed by atoms with Crippen LogP contribution in [0, 0.1) is 97.4 Å². The van der Waals surface area contributed by atoms with E-state index >= 15 is 0 Å². The average Bonchev–Trinajstić information content (AvgIpc) is 0.793. The summed E-state index contributed by atoms with van der Waals surface area (Å²) >= 11 is 18.5. The maximum absolute atomic E-state index is 14.5. The standard InChI is InChI=1S/C20H11Cl2N5.C20H11ClFN5.3C20H11F2N5/c21-14-7-13(8-15(22)9-14)19-18(26-17(10-23)20(24)27-19)12-3-4-16-11(6-12)2-1-5-25-16;2*21-13-4-1-5-14(22)17(13)19-18(26-16(10-23)20(24)27-19)12-6-7-15-11(9-12)3-2-8-25-15;21-13-4-5-14(15(22)9-13)19-18(26-17(10-23)20(24)27-19)12-3-6-16-11(8-12)2-1-7-25-16;21-14-7-13(8-15(22)9-14)19-18(26-17(10-23)20(24)27-19)12-3-4-16-11(6-12)2-1-5-25-16/h5*1-9H,(H2,24,27). The molecule has 0 aliphatic rings. The second kappa shape index (κ2) is 39.2. The normalized spacial score (nSPS) is 10.7. The van der Waals surface area contributed by atoms with Crippen LogP contribution in [0.2, 0.25) is 15.1 Å². The third-order valence-electron chi connectivity index (χ3n) is 20.4. The van der Waals surface area contributed by atoms with E-state index in [0.717, 1.165) is 103 Å². The lowest BCUT2D eigenvalue weighted by Gasteiger charge is -2.13. The number of nitrogens with two attached hydrogens (primary N) is 5. The van der Waals surface area contributed by atoms with E-state index < -0.39 is 40.7 Å². The first-order valence-corrected chi connectivity index (χ1v) is 40.9. The fourth-order valence-corrected chi connectivity index (χ4v) is 15.0. The van der Waals surface area contributed by atoms with Gasteiger partial charge in [-0.25, -0.2) is 80.6 Å². The Hall–Kier alpha value is -18.5. The highest BCUT2D eigenvalue weighted by Gasteiger charge is 2.27. The number of aromatic nitrogens is 15. The molecule has 10 heterocycles. The fourth-order valence-electron chi connectivity index (χ4n) is 14.2. The predicted molar refractivity (Wildman–Crippen MR) is 501 cm³/mol. The van der Waals surface area contributed by atoms with E-state index in [1.165, 1.54) is 24.3 Å². The summed E-state index contributed by atoms with van der Waals surface area (Å²) in [5.74, 6) is -5.59. The maximum atomic E-state index is 14.5. The van der Waals surface area contributed by atoms with Crippen molar-refractivity contribution in [2.75, 3.05) is 28.7 Å². The summed E-state index contributed by atoms with van der Waals surface area (Å²) in [5.41, 5.74) is 39.2. The van der Waals surface area contributed by atoms with Crippen LogP contribution in [0.1, 0.15) is 28.5 Å². The molecule has 0 spiro atoms. The minimum Gasteiger partial charge on any atom is -0.381 e. The Morgan fingerprint density at radius 3 is 0.837 bits per heavy atom. The Kier molecular flexibility index (Phi) is 26.1. The van der Waals surface area contributed by atoms with Crippen molar-refractivity contribution in [3.05, 3.63) is 358 Å². The van der Waals surface area contributed by atoms with E-state index in [0.29, 0.717) is 60.6 Å². The third kappa shape index (κ3) is 19.5. The number of pyridine rings is 5. The van der Waals surface area contributed by atoms with Gasteiger partial charge in [-0.3, -0.25) is 24.9 Å². The van der Waals surface area contributed by atoms with Gasteiger partial charge < -0.3 is 28.7 Å². The molecule has 0 fully saturated rings. The molecule has 35 heteroatoms. The highest BCUT2D eigenvalue weighted by molar-refractivity contribution is 6.35. The SMILES string of the molecule is N#Cc1nc(-c2ccc3ncccc3c2)c(-c2c(F)cccc2Cl)nc1N.N#Cc1nc(-c2ccc3ncccc3c2)c(-c2c(F)cccc2F)nc1N.N#Cc1nc(-c2ccc3ncccc3c2)c(-c2cc(Cl)cc(Cl)c2)nc1N.N#Cc1nc(-c2ccc3ncccc3c2)c(-c2cc(F)cc(F)c2)nc1N.N#Cc1nc(-c2ccc3ncccc3c2)c(-c2ccc(F)cc2F)nc1N. The lowest BCUT2D eigenvalue weighted by Crippen LogP contribution is -2.05. The minimum atomic E-state index is -0.794. The monoisotopic (exact) mass is 1840 g/mol. The van der Waals surface area contributed by atoms with Crippen LogP contribution in [-0.2, 0) is 0 Å². The van der Waals surface area contributed by atoms with Gasteiger partial charge in [-0.05, 0) is 158 Å². The average molecular weight is 1850 g/mol. The molecule has 0 bridgehead atoms. The molecule has 10 aromatic heterocycles. The quantitative estimate of drug-likeness (QED) is 0.0794. The van der Waals surface area contributed by atoms with Crippen LogP contribution in [0.3, 0.4) is 0 Å². The van der Waals surface area contributed by atoms with Crippen molar-refractivity contribution in [3.8, 4) is 143 Å². The van der Waals surface area contributed by atoms with Crippen molar-refractivity contribution < 1.29 is 30.7 Å². The highest BCUT2D eigenvalue weighted by Crippen LogP contribution is 2.42. The molecule has 0 atom stereocenters. The first-order valence-electron chi connectivity index (χ1n) is 39.7. The number of hydrogen-bond donors (Lipinski definition) is 5. The molecule has 0 amide bonds. The van der Waals surface area contributed by atoms with Crippen molar-refractivity contribution >= 4 is 118 Å². The summed E-state index contributed by atoms with van der Waals surface area (Å²) in [5, 5.41) is 51.8. The second-order valence-electron chi connectivity index (χ2n) is 29.0. The van der Waals surface area contributed by atoms with E-state index in [2.05, 4.69) is 74.8 Å². The van der Waals surface area contributed by atoms with E-state index in [-0.39, 0.29) is 119 Å². The summed E-state index contributed by atoms with van der Waals surface area (Å²) in [6.45, 7) is 0. The Morgan fingerprint density at radius 1 is 0.230 bits per heavy atom. The van der Waals surface area contributed by atoms with Crippen molar-refractivity contribution in [2.24, 2.45) is 0 Å². The van der Waals surface area contributed by atoms with Gasteiger partial charge in [0.25, 0.3) is 0 Å². The molecule has 0 radical (unpaired) electrons. The predicted octanol–water partition coefficient (Wildman–Crippen LogP) is 22.0. The van der Waals surface area contributed by atoms with Crippen molar-refractivity contribution in [1.29, 1.82) is 26.3 Å². The van der Waals surface area contributed by atoms with Crippen molar-refractivity contribution in [2.45, 2.75) is 0 Å². The summed E-state index contributed by atoms with van der Waals surface area (Å²) in [4.78, 5) is 64.1. The van der Waals surface area contributed by atoms with Crippen LogP contribution in [0.15, 0.2) is 274 Å². The Morgan fingerprint density at radius 2 is 0.511 bits per heavy atom. The number of benzene rings is 10. The molecule has 20 aromatic rings. The van der Waals surface area contributed by atoms with Crippen LogP contribution in [0.4, 0.5) is 59.8 Å². The first-order chi connectivity index (χ1) is 65.3. The number of rotatable bonds is 10. The van der Waals surface area contributed by atoms with Gasteiger partial charge in [0.1, 0.15) is 88.1 Å². The largest absolute Gasteiger partial charge is 0.381 e. The first kappa shape index (κ1) is 89.9. The maximum Gasteiger partial charge on any atom is 0.183 e. The second-order valence-corrected chi connectivity index (χ2v) is 30.3. The number of hydrogen-bond acceptors (Lipinski definition) is 25. The summed E-state index contributed by atoms with van der Waals surface area (Å²) in [7, 11) is 0. The molecular formula is C100H55Cl3F7N25. The molecule has 0 saturated heterocycles. The van der Waals surface area contributed by atoms with Gasteiger partial charge in [-0.15, -0.1) is 0 Å². The lowest BCUT2D eigenvalue weighted by molar-refractivity contribution is 0.583. The van der Waals surface area contributed by atoms with E-state index in [9.17, 15) is 57.0 Å². The molecule has 25 nitrogen and oxygen atoms in total. The molecule has 135 heavy (non-hydrogen) atoms. The van der Waals surface area contributed by atoms with Gasteiger partial charge in [0.2, 0.25) is 0 Å². The van der Waals surface area contributed by atoms with Gasteiger partial charge in [0.05, 0.1) is 83.6 Å². The van der Waals surface area contributed by atoms with Crippen LogP contribution >= 0.6 is 34.8 Å². The molecule has 0 aliphatic carbocycles. The topological polar surface area (TPSA) is 442 Å². The Balaban J connectivity index is 0.000000123. The molecular weight excluding hydrogens is 1790 g/mol. The van der Waals surface area contributed by atoms with Crippen LogP contribution < -0.4 is 28.7 Å². The number of nitrogen functional groups attached to an aromatic ring is 5. The Bertz CT molecular complexity index is 7950. The summed E-state index contributed by atoms with van der Waals surface area (Å²) < 4.78 is 98.4. The van der Waals surface area contributed by atoms with E-state index in [1.807, 2.05) is 115 Å². The van der Waals surface area contributed by atoms with Crippen LogP contribution in [-0.4, -0.2) is 74.8 Å². The van der Waals surface area contributed by atoms with Gasteiger partial charge in [0, 0.05) is 125 Å². The van der Waals surface area contributed by atoms with Crippen molar-refractivity contribution in [1.82, 2.24) is 74.8 Å². The number of anilines is 5. The fraction of sp³-hybridized carbons (Fsp3) is 0. The third-order valence-corrected chi connectivity index (χ3v) is 21.1.